The Hall–Kier alpha value is -0.745. The fraction of sp³-hybridized carbons (Fsp3) is 0. The summed E-state index contributed by atoms with van der Waals surface area (Å²) in [5, 5.41) is 21.5. The van der Waals surface area contributed by atoms with Gasteiger partial charge in [0.1, 0.15) is 0 Å². The summed E-state index contributed by atoms with van der Waals surface area (Å²) in [7, 11) is -2.17. The van der Waals surface area contributed by atoms with Crippen LogP contribution >= 0.6 is 12.4 Å². The van der Waals surface area contributed by atoms with E-state index in [1.54, 1.807) is 0 Å². The van der Waals surface area contributed by atoms with Gasteiger partial charge in [-0.15, -0.1) is 12.4 Å². The van der Waals surface area contributed by atoms with Crippen LogP contribution < -0.4 is 5.73 Å². The zero-order chi connectivity index (χ0) is 8.69. The molecule has 0 aliphatic carbocycles. The number of nitrogens with two attached hydrogens (primary N) is 1. The number of hydrogen-bond acceptors (Lipinski definition) is 4. The summed E-state index contributed by atoms with van der Waals surface area (Å²) in [6.07, 6.45) is 0. The normalized spacial score (nSPS) is 7.25. The van der Waals surface area contributed by atoms with E-state index in [0.29, 0.717) is 0 Å². The molecule has 0 aliphatic heterocycles. The molecule has 1 aromatic carbocycles. The van der Waals surface area contributed by atoms with Crippen molar-refractivity contribution in [1.82, 2.24) is 0 Å². The highest BCUT2D eigenvalue weighted by Gasteiger charge is 1.92. The van der Waals surface area contributed by atoms with Gasteiger partial charge in [0, 0.05) is 5.69 Å². The lowest BCUT2D eigenvalue weighted by atomic mass is 10.3. The molecule has 1 rings (SSSR count). The molecule has 0 spiro atoms. The highest BCUT2D eigenvalue weighted by molar-refractivity contribution is 6.30. The SMILES string of the molecule is Cl.Nc1ccccc1.OB(O)O. The minimum Gasteiger partial charge on any atom is -0.402 e. The van der Waals surface area contributed by atoms with Crippen LogP contribution in [0.1, 0.15) is 0 Å². The van der Waals surface area contributed by atoms with E-state index in [-0.39, 0.29) is 12.4 Å². The van der Waals surface area contributed by atoms with Crippen molar-refractivity contribution in [3.63, 3.8) is 0 Å². The van der Waals surface area contributed by atoms with Gasteiger partial charge >= 0.3 is 7.32 Å². The average molecular weight is 191 g/mol. The Balaban J connectivity index is 0. The molecule has 0 heterocycles. The van der Waals surface area contributed by atoms with E-state index in [1.165, 1.54) is 0 Å². The summed E-state index contributed by atoms with van der Waals surface area (Å²) in [6.45, 7) is 0. The van der Waals surface area contributed by atoms with Gasteiger partial charge in [-0.05, 0) is 12.1 Å². The maximum atomic E-state index is 7.17. The highest BCUT2D eigenvalue weighted by atomic mass is 35.5. The third-order valence-corrected chi connectivity index (χ3v) is 0.800. The second kappa shape index (κ2) is 8.35. The van der Waals surface area contributed by atoms with E-state index in [0.717, 1.165) is 5.69 Å². The highest BCUT2D eigenvalue weighted by Crippen LogP contribution is 1.95. The van der Waals surface area contributed by atoms with Gasteiger partial charge in [0.25, 0.3) is 0 Å². The lowest BCUT2D eigenvalue weighted by Gasteiger charge is -1.83. The van der Waals surface area contributed by atoms with Gasteiger partial charge in [0.05, 0.1) is 0 Å². The number of nitrogen functional groups attached to an aromatic ring is 1. The topological polar surface area (TPSA) is 86.7 Å². The Morgan fingerprint density at radius 3 is 1.50 bits per heavy atom. The number of anilines is 1. The smallest absolute Gasteiger partial charge is 0.402 e. The zero-order valence-corrected chi connectivity index (χ0v) is 7.11. The first-order valence-corrected chi connectivity index (χ1v) is 2.97. The van der Waals surface area contributed by atoms with Gasteiger partial charge < -0.3 is 20.8 Å². The molecule has 0 unspecified atom stereocenters. The van der Waals surface area contributed by atoms with E-state index in [1.807, 2.05) is 30.3 Å². The lowest BCUT2D eigenvalue weighted by molar-refractivity contribution is 0.278. The van der Waals surface area contributed by atoms with Crippen molar-refractivity contribution in [1.29, 1.82) is 0 Å². The Labute approximate surface area is 77.2 Å². The maximum Gasteiger partial charge on any atom is 0.631 e. The molecule has 0 amide bonds. The van der Waals surface area contributed by atoms with Crippen molar-refractivity contribution in [3.05, 3.63) is 30.3 Å². The first-order chi connectivity index (χ1) is 5.13. The summed E-state index contributed by atoms with van der Waals surface area (Å²) >= 11 is 0. The molecule has 0 saturated heterocycles. The number of rotatable bonds is 0. The van der Waals surface area contributed by atoms with E-state index < -0.39 is 7.32 Å². The van der Waals surface area contributed by atoms with Crippen LogP contribution in [-0.4, -0.2) is 22.4 Å². The minimum absolute atomic E-state index is 0. The Bertz CT molecular complexity index is 183. The second-order valence-electron chi connectivity index (χ2n) is 1.76. The zero-order valence-electron chi connectivity index (χ0n) is 6.29. The predicted molar refractivity (Wildman–Crippen MR) is 50.5 cm³/mol. The largest absolute Gasteiger partial charge is 0.631 e. The van der Waals surface area contributed by atoms with E-state index in [9.17, 15) is 0 Å². The van der Waals surface area contributed by atoms with Gasteiger partial charge in [0.15, 0.2) is 0 Å². The first-order valence-electron chi connectivity index (χ1n) is 2.97. The predicted octanol–water partition coefficient (Wildman–Crippen LogP) is -0.361. The van der Waals surface area contributed by atoms with Crippen LogP contribution in [0.3, 0.4) is 0 Å². The van der Waals surface area contributed by atoms with Crippen LogP contribution in [0.5, 0.6) is 0 Å². The summed E-state index contributed by atoms with van der Waals surface area (Å²) in [5.74, 6) is 0. The van der Waals surface area contributed by atoms with E-state index >= 15 is 0 Å². The Morgan fingerprint density at radius 1 is 1.00 bits per heavy atom. The molecule has 0 bridgehead atoms. The lowest BCUT2D eigenvalue weighted by Crippen LogP contribution is -2.07. The summed E-state index contributed by atoms with van der Waals surface area (Å²) < 4.78 is 0. The maximum absolute atomic E-state index is 7.17. The van der Waals surface area contributed by atoms with Gasteiger partial charge in [0.2, 0.25) is 0 Å². The fourth-order valence-electron chi connectivity index (χ4n) is 0.453. The quantitative estimate of drug-likeness (QED) is 0.333. The van der Waals surface area contributed by atoms with E-state index in [2.05, 4.69) is 0 Å². The molecule has 0 aliphatic rings. The van der Waals surface area contributed by atoms with Crippen LogP contribution in [0, 0.1) is 0 Å². The fourth-order valence-corrected chi connectivity index (χ4v) is 0.453. The van der Waals surface area contributed by atoms with Crippen molar-refractivity contribution in [2.75, 3.05) is 5.73 Å². The molecule has 12 heavy (non-hydrogen) atoms. The standard InChI is InChI=1S/C6H7N.BH3O3.ClH/c7-6-4-2-1-3-5-6;2-1(3)4;/h1-5H,7H2;2-4H;1H. The van der Waals surface area contributed by atoms with Crippen molar-refractivity contribution >= 4 is 25.4 Å². The number of benzene rings is 1. The summed E-state index contributed by atoms with van der Waals surface area (Å²) in [5.41, 5.74) is 6.18. The van der Waals surface area contributed by atoms with Crippen molar-refractivity contribution in [2.45, 2.75) is 0 Å². The van der Waals surface area contributed by atoms with E-state index in [4.69, 9.17) is 20.8 Å². The van der Waals surface area contributed by atoms with Crippen molar-refractivity contribution in [2.24, 2.45) is 0 Å². The average Bonchev–Trinajstić information content (AvgIpc) is 1.87. The van der Waals surface area contributed by atoms with Crippen LogP contribution in [0.2, 0.25) is 0 Å². The first kappa shape index (κ1) is 13.8. The molecular weight excluding hydrogens is 180 g/mol. The molecule has 0 saturated carbocycles. The van der Waals surface area contributed by atoms with Gasteiger partial charge in [-0.1, -0.05) is 18.2 Å². The molecule has 6 heteroatoms. The Kier molecular flexibility index (Phi) is 9.62. The monoisotopic (exact) mass is 191 g/mol. The summed E-state index contributed by atoms with van der Waals surface area (Å²) in [4.78, 5) is 0. The molecule has 0 radical (unpaired) electrons. The van der Waals surface area contributed by atoms with Crippen molar-refractivity contribution < 1.29 is 15.1 Å². The molecule has 4 nitrogen and oxygen atoms in total. The van der Waals surface area contributed by atoms with Gasteiger partial charge in [-0.25, -0.2) is 0 Å². The number of hydrogen-bond donors (Lipinski definition) is 4. The molecule has 0 aromatic heterocycles. The summed E-state index contributed by atoms with van der Waals surface area (Å²) in [6, 6.07) is 9.49. The van der Waals surface area contributed by atoms with Gasteiger partial charge in [-0.3, -0.25) is 0 Å². The molecule has 68 valence electrons. The van der Waals surface area contributed by atoms with Gasteiger partial charge in [-0.2, -0.15) is 0 Å². The number of para-hydroxylation sites is 1. The van der Waals surface area contributed by atoms with Crippen LogP contribution in [-0.2, 0) is 0 Å². The minimum atomic E-state index is -2.17. The second-order valence-corrected chi connectivity index (χ2v) is 1.76. The molecule has 1 aromatic rings. The third-order valence-electron chi connectivity index (χ3n) is 0.800. The van der Waals surface area contributed by atoms with Crippen LogP contribution in [0.25, 0.3) is 0 Å². The molecule has 5 N–H and O–H groups in total. The van der Waals surface area contributed by atoms with Crippen LogP contribution in [0.4, 0.5) is 5.69 Å². The number of halogens is 1. The Morgan fingerprint density at radius 2 is 1.33 bits per heavy atom. The molecule has 0 atom stereocenters. The third kappa shape index (κ3) is 12.0. The molecule has 0 fully saturated rings. The van der Waals surface area contributed by atoms with Crippen molar-refractivity contribution in [3.8, 4) is 0 Å². The molecular formula is C6H11BClNO3. The van der Waals surface area contributed by atoms with Crippen LogP contribution in [0.15, 0.2) is 30.3 Å².